The average molecular weight is 416 g/mol. The molecule has 0 unspecified atom stereocenters. The number of pyridine rings is 1. The number of thiazole rings is 1. The molecule has 0 radical (unpaired) electrons. The quantitative estimate of drug-likeness (QED) is 0.306. The number of nitrogen functional groups attached to an aromatic ring is 1. The Morgan fingerprint density at radius 3 is 2.33 bits per heavy atom. The number of hydrogen-bond acceptors (Lipinski definition) is 5. The van der Waals surface area contributed by atoms with E-state index >= 15 is 0 Å². The molecule has 0 atom stereocenters. The number of fused-ring (bicyclic) bond motifs is 1. The van der Waals surface area contributed by atoms with Crippen LogP contribution in [0.2, 0.25) is 0 Å². The molecule has 150 valence electrons. The lowest BCUT2D eigenvalue weighted by Crippen LogP contribution is -2.14. The number of aliphatic imine (C=N–C) groups is 1. The van der Waals surface area contributed by atoms with E-state index < -0.39 is 0 Å². The van der Waals surface area contributed by atoms with E-state index in [-0.39, 0.29) is 5.78 Å². The van der Waals surface area contributed by atoms with Gasteiger partial charge >= 0.3 is 0 Å². The van der Waals surface area contributed by atoms with Crippen LogP contribution in [0.25, 0.3) is 10.3 Å². The highest BCUT2D eigenvalue weighted by atomic mass is 32.1. The molecule has 4 aromatic rings. The Bertz CT molecular complexity index is 1340. The van der Waals surface area contributed by atoms with Crippen LogP contribution in [-0.2, 0) is 7.05 Å². The maximum absolute atomic E-state index is 12.0. The van der Waals surface area contributed by atoms with Crippen molar-refractivity contribution in [2.24, 2.45) is 17.0 Å². The van der Waals surface area contributed by atoms with Crippen LogP contribution >= 0.6 is 11.3 Å². The Hall–Kier alpha value is -3.58. The van der Waals surface area contributed by atoms with Gasteiger partial charge in [0.15, 0.2) is 22.1 Å². The van der Waals surface area contributed by atoms with Gasteiger partial charge in [0, 0.05) is 12.6 Å². The molecule has 0 saturated heterocycles. The lowest BCUT2D eigenvalue weighted by molar-refractivity contribution is 0.101. The summed E-state index contributed by atoms with van der Waals surface area (Å²) in [5.74, 6) is 0.496. The van der Waals surface area contributed by atoms with Gasteiger partial charge in [0.2, 0.25) is 0 Å². The Kier molecular flexibility index (Phi) is 5.29. The summed E-state index contributed by atoms with van der Waals surface area (Å²) in [7, 11) is 1.89. The van der Waals surface area contributed by atoms with Crippen molar-refractivity contribution >= 4 is 44.7 Å². The number of Topliss-reactive ketones (excluding diaryl/α,β-unsaturated/α-hetero) is 1. The second-order valence-corrected chi connectivity index (χ2v) is 7.86. The molecule has 0 spiro atoms. The van der Waals surface area contributed by atoms with Crippen molar-refractivity contribution in [1.82, 2.24) is 9.55 Å². The first-order chi connectivity index (χ1) is 14.5. The molecule has 30 heavy (non-hydrogen) atoms. The Morgan fingerprint density at radius 2 is 1.70 bits per heavy atom. The van der Waals surface area contributed by atoms with E-state index in [9.17, 15) is 4.79 Å². The minimum absolute atomic E-state index is 0.0930. The Balaban J connectivity index is 1.97. The van der Waals surface area contributed by atoms with Crippen LogP contribution in [-0.4, -0.2) is 21.2 Å². The zero-order valence-corrected chi connectivity index (χ0v) is 17.8. The van der Waals surface area contributed by atoms with Crippen LogP contribution in [0.1, 0.15) is 28.5 Å². The number of nitrogens with zero attached hydrogens (tertiary/aromatic N) is 4. The standard InChI is InChI=1S/C23H21N5OS/c1-14-18(15(2)29)19(24)20-22(25-14)28(3)23(30-20)27-21(16-10-6-4-7-11-16)26-17-12-8-5-9-13-17/h4-13H,1-3H3,(H2,24,25). The molecule has 7 heteroatoms. The molecule has 0 aliphatic carbocycles. The number of carbonyl (C=O) groups is 1. The van der Waals surface area contributed by atoms with Crippen molar-refractivity contribution in [2.75, 3.05) is 5.73 Å². The third-order valence-electron chi connectivity index (χ3n) is 4.73. The molecule has 4 rings (SSSR count). The van der Waals surface area contributed by atoms with Crippen LogP contribution in [0.3, 0.4) is 0 Å². The van der Waals surface area contributed by atoms with E-state index in [0.29, 0.717) is 33.2 Å². The van der Waals surface area contributed by atoms with Gasteiger partial charge in [-0.1, -0.05) is 59.9 Å². The summed E-state index contributed by atoms with van der Waals surface area (Å²) in [5, 5.41) is 0. The van der Waals surface area contributed by atoms with E-state index in [1.807, 2.05) is 72.3 Å². The van der Waals surface area contributed by atoms with Crippen LogP contribution < -0.4 is 10.5 Å². The van der Waals surface area contributed by atoms with Gasteiger partial charge in [-0.25, -0.2) is 15.0 Å². The van der Waals surface area contributed by atoms with Crippen molar-refractivity contribution in [3.8, 4) is 0 Å². The van der Waals surface area contributed by atoms with E-state index in [2.05, 4.69) is 4.98 Å². The summed E-state index contributed by atoms with van der Waals surface area (Å²) in [6.45, 7) is 3.30. The molecule has 0 bridgehead atoms. The normalized spacial score (nSPS) is 12.5. The van der Waals surface area contributed by atoms with E-state index in [1.54, 1.807) is 6.92 Å². The molecular formula is C23H21N5OS. The van der Waals surface area contributed by atoms with E-state index in [0.717, 1.165) is 16.0 Å². The topological polar surface area (TPSA) is 85.6 Å². The predicted octanol–water partition coefficient (Wildman–Crippen LogP) is 4.41. The molecule has 0 saturated carbocycles. The number of para-hydroxylation sites is 1. The molecule has 2 aromatic carbocycles. The molecule has 2 N–H and O–H groups in total. The highest BCUT2D eigenvalue weighted by Crippen LogP contribution is 2.28. The first-order valence-electron chi connectivity index (χ1n) is 9.46. The van der Waals surface area contributed by atoms with Gasteiger partial charge in [-0.3, -0.25) is 4.79 Å². The first-order valence-corrected chi connectivity index (χ1v) is 10.3. The summed E-state index contributed by atoms with van der Waals surface area (Å²) in [5.41, 5.74) is 10.3. The van der Waals surface area contributed by atoms with Crippen LogP contribution in [0, 0.1) is 6.92 Å². The lowest BCUT2D eigenvalue weighted by atomic mass is 10.1. The van der Waals surface area contributed by atoms with Gasteiger partial charge in [0.1, 0.15) is 0 Å². The number of nitrogens with two attached hydrogens (primary N) is 1. The second kappa shape index (κ2) is 8.04. The van der Waals surface area contributed by atoms with Crippen molar-refractivity contribution in [1.29, 1.82) is 0 Å². The summed E-state index contributed by atoms with van der Waals surface area (Å²) >= 11 is 1.40. The van der Waals surface area contributed by atoms with Gasteiger partial charge in [-0.15, -0.1) is 0 Å². The molecule has 2 aromatic heterocycles. The van der Waals surface area contributed by atoms with Gasteiger partial charge in [0.05, 0.1) is 27.3 Å². The number of rotatable bonds is 3. The molecule has 6 nitrogen and oxygen atoms in total. The van der Waals surface area contributed by atoms with Crippen molar-refractivity contribution < 1.29 is 4.79 Å². The fourth-order valence-corrected chi connectivity index (χ4v) is 4.30. The predicted molar refractivity (Wildman–Crippen MR) is 122 cm³/mol. The monoisotopic (exact) mass is 415 g/mol. The zero-order chi connectivity index (χ0) is 21.3. The van der Waals surface area contributed by atoms with Crippen LogP contribution in [0.4, 0.5) is 11.4 Å². The average Bonchev–Trinajstić information content (AvgIpc) is 3.04. The summed E-state index contributed by atoms with van der Waals surface area (Å²) in [4.78, 5) is 27.0. The first kappa shape index (κ1) is 19.7. The van der Waals surface area contributed by atoms with Crippen LogP contribution in [0.5, 0.6) is 0 Å². The summed E-state index contributed by atoms with van der Waals surface area (Å²) in [6.07, 6.45) is 0. The van der Waals surface area contributed by atoms with Gasteiger partial charge < -0.3 is 10.3 Å². The number of hydrogen-bond donors (Lipinski definition) is 1. The highest BCUT2D eigenvalue weighted by molar-refractivity contribution is 7.17. The number of anilines is 1. The number of benzene rings is 2. The molecular weight excluding hydrogens is 394 g/mol. The maximum atomic E-state index is 12.0. The molecule has 0 fully saturated rings. The lowest BCUT2D eigenvalue weighted by Gasteiger charge is -2.06. The number of ketones is 1. The molecule has 0 amide bonds. The number of carbonyl (C=O) groups excluding carboxylic acids is 1. The summed E-state index contributed by atoms with van der Waals surface area (Å²) < 4.78 is 2.63. The van der Waals surface area contributed by atoms with E-state index in [4.69, 9.17) is 15.7 Å². The fraction of sp³-hybridized carbons (Fsp3) is 0.130. The van der Waals surface area contributed by atoms with Crippen molar-refractivity contribution in [2.45, 2.75) is 13.8 Å². The zero-order valence-electron chi connectivity index (χ0n) is 17.0. The third kappa shape index (κ3) is 3.67. The fourth-order valence-electron chi connectivity index (χ4n) is 3.27. The van der Waals surface area contributed by atoms with Crippen LogP contribution in [0.15, 0.2) is 70.6 Å². The van der Waals surface area contributed by atoms with Gasteiger partial charge in [-0.2, -0.15) is 0 Å². The SMILES string of the molecule is CC(=O)c1c(C)nc2c(sc(=NC(=Nc3ccccc3)c3ccccc3)n2C)c1N. The highest BCUT2D eigenvalue weighted by Gasteiger charge is 2.17. The van der Waals surface area contributed by atoms with Crippen molar-refractivity contribution in [3.63, 3.8) is 0 Å². The van der Waals surface area contributed by atoms with E-state index in [1.165, 1.54) is 18.3 Å². The number of aryl methyl sites for hydroxylation is 2. The van der Waals surface area contributed by atoms with Gasteiger partial charge in [-0.05, 0) is 26.0 Å². The molecule has 0 aliphatic heterocycles. The molecule has 2 heterocycles. The van der Waals surface area contributed by atoms with Gasteiger partial charge in [0.25, 0.3) is 0 Å². The number of amidine groups is 1. The maximum Gasteiger partial charge on any atom is 0.193 e. The minimum atomic E-state index is -0.0930. The van der Waals surface area contributed by atoms with Crippen molar-refractivity contribution in [3.05, 3.63) is 82.3 Å². The Labute approximate surface area is 178 Å². The third-order valence-corrected chi connectivity index (χ3v) is 5.88. The number of aromatic nitrogens is 2. The smallest absolute Gasteiger partial charge is 0.193 e. The summed E-state index contributed by atoms with van der Waals surface area (Å²) in [6, 6.07) is 19.5. The largest absolute Gasteiger partial charge is 0.397 e. The molecule has 0 aliphatic rings. The Morgan fingerprint density at radius 1 is 1.07 bits per heavy atom. The second-order valence-electron chi connectivity index (χ2n) is 6.89. The minimum Gasteiger partial charge on any atom is -0.397 e.